The Hall–Kier alpha value is -0.340. The van der Waals surface area contributed by atoms with Crippen molar-refractivity contribution in [1.29, 1.82) is 0 Å². The summed E-state index contributed by atoms with van der Waals surface area (Å²) in [5.74, 6) is 0. The zero-order chi connectivity index (χ0) is 9.68. The van der Waals surface area contributed by atoms with E-state index in [9.17, 15) is 0 Å². The molecule has 1 saturated carbocycles. The molecule has 1 aliphatic rings. The standard InChI is InChI=1S/C11H21NO/c1-9(2)8-12-10-5-4-6-11(7-10)13-3/h10-12H,1,4-8H2,2-3H3. The van der Waals surface area contributed by atoms with Crippen LogP contribution in [-0.2, 0) is 4.74 Å². The molecule has 13 heavy (non-hydrogen) atoms. The van der Waals surface area contributed by atoms with Crippen LogP contribution in [-0.4, -0.2) is 25.8 Å². The maximum atomic E-state index is 5.37. The van der Waals surface area contributed by atoms with Gasteiger partial charge in [-0.3, -0.25) is 0 Å². The molecule has 0 saturated heterocycles. The lowest BCUT2D eigenvalue weighted by atomic mass is 9.93. The first kappa shape index (κ1) is 10.7. The average molecular weight is 183 g/mol. The highest BCUT2D eigenvalue weighted by atomic mass is 16.5. The van der Waals surface area contributed by atoms with E-state index in [-0.39, 0.29) is 0 Å². The zero-order valence-corrected chi connectivity index (χ0v) is 8.81. The first-order valence-corrected chi connectivity index (χ1v) is 5.13. The van der Waals surface area contributed by atoms with Crippen molar-refractivity contribution in [2.45, 2.75) is 44.8 Å². The number of methoxy groups -OCH3 is 1. The molecule has 0 aromatic carbocycles. The van der Waals surface area contributed by atoms with Gasteiger partial charge in [0.05, 0.1) is 6.10 Å². The molecule has 2 atom stereocenters. The van der Waals surface area contributed by atoms with Crippen molar-refractivity contribution in [3.05, 3.63) is 12.2 Å². The number of hydrogen-bond donors (Lipinski definition) is 1. The second-order valence-corrected chi connectivity index (χ2v) is 4.06. The van der Waals surface area contributed by atoms with Crippen molar-refractivity contribution in [1.82, 2.24) is 5.32 Å². The predicted molar refractivity (Wildman–Crippen MR) is 55.9 cm³/mol. The van der Waals surface area contributed by atoms with Crippen LogP contribution in [0.25, 0.3) is 0 Å². The Kier molecular flexibility index (Phi) is 4.46. The van der Waals surface area contributed by atoms with Gasteiger partial charge in [0.15, 0.2) is 0 Å². The van der Waals surface area contributed by atoms with Crippen LogP contribution in [0.1, 0.15) is 32.6 Å². The van der Waals surface area contributed by atoms with Crippen LogP contribution in [0, 0.1) is 0 Å². The van der Waals surface area contributed by atoms with Crippen LogP contribution >= 0.6 is 0 Å². The number of rotatable bonds is 4. The summed E-state index contributed by atoms with van der Waals surface area (Å²) in [5, 5.41) is 3.51. The Labute approximate surface area is 81.4 Å². The minimum absolute atomic E-state index is 0.469. The van der Waals surface area contributed by atoms with Gasteiger partial charge in [0, 0.05) is 19.7 Å². The van der Waals surface area contributed by atoms with Crippen molar-refractivity contribution >= 4 is 0 Å². The van der Waals surface area contributed by atoms with Gasteiger partial charge >= 0.3 is 0 Å². The van der Waals surface area contributed by atoms with Crippen LogP contribution in [0.3, 0.4) is 0 Å². The second kappa shape index (κ2) is 5.40. The van der Waals surface area contributed by atoms with E-state index < -0.39 is 0 Å². The lowest BCUT2D eigenvalue weighted by Gasteiger charge is -2.28. The van der Waals surface area contributed by atoms with Crippen molar-refractivity contribution in [3.63, 3.8) is 0 Å². The Morgan fingerprint density at radius 1 is 1.54 bits per heavy atom. The molecule has 0 aromatic heterocycles. The Bertz CT molecular complexity index is 167. The van der Waals surface area contributed by atoms with Gasteiger partial charge in [-0.1, -0.05) is 12.2 Å². The molecule has 2 unspecified atom stereocenters. The zero-order valence-electron chi connectivity index (χ0n) is 8.81. The molecule has 2 heteroatoms. The lowest BCUT2D eigenvalue weighted by Crippen LogP contribution is -2.37. The van der Waals surface area contributed by atoms with E-state index in [1.54, 1.807) is 0 Å². The Balaban J connectivity index is 2.21. The second-order valence-electron chi connectivity index (χ2n) is 4.06. The fourth-order valence-corrected chi connectivity index (χ4v) is 1.86. The SMILES string of the molecule is C=C(C)CNC1CCCC(OC)C1. The van der Waals surface area contributed by atoms with Crippen LogP contribution in [0.5, 0.6) is 0 Å². The van der Waals surface area contributed by atoms with Gasteiger partial charge in [0.25, 0.3) is 0 Å². The van der Waals surface area contributed by atoms with Crippen molar-refractivity contribution < 1.29 is 4.74 Å². The molecule has 1 aliphatic carbocycles. The smallest absolute Gasteiger partial charge is 0.0586 e. The molecular formula is C11H21NO. The van der Waals surface area contributed by atoms with Crippen molar-refractivity contribution in [2.75, 3.05) is 13.7 Å². The molecule has 2 nitrogen and oxygen atoms in total. The van der Waals surface area contributed by atoms with E-state index >= 15 is 0 Å². The highest BCUT2D eigenvalue weighted by molar-refractivity contribution is 4.92. The minimum atomic E-state index is 0.469. The fraction of sp³-hybridized carbons (Fsp3) is 0.818. The van der Waals surface area contributed by atoms with Crippen LogP contribution in [0.15, 0.2) is 12.2 Å². The Morgan fingerprint density at radius 2 is 2.31 bits per heavy atom. The molecular weight excluding hydrogens is 162 g/mol. The third kappa shape index (κ3) is 3.92. The average Bonchev–Trinajstić information content (AvgIpc) is 2.15. The van der Waals surface area contributed by atoms with E-state index in [4.69, 9.17) is 4.74 Å². The van der Waals surface area contributed by atoms with Crippen molar-refractivity contribution in [2.24, 2.45) is 0 Å². The molecule has 0 heterocycles. The van der Waals surface area contributed by atoms with Gasteiger partial charge < -0.3 is 10.1 Å². The van der Waals surface area contributed by atoms with E-state index in [1.807, 2.05) is 7.11 Å². The molecule has 1 rings (SSSR count). The summed E-state index contributed by atoms with van der Waals surface area (Å²) in [6.07, 6.45) is 5.42. The maximum absolute atomic E-state index is 5.37. The normalized spacial score (nSPS) is 28.8. The molecule has 0 radical (unpaired) electrons. The summed E-state index contributed by atoms with van der Waals surface area (Å²) in [7, 11) is 1.81. The molecule has 1 fully saturated rings. The van der Waals surface area contributed by atoms with Crippen LogP contribution in [0.2, 0.25) is 0 Å². The summed E-state index contributed by atoms with van der Waals surface area (Å²) in [4.78, 5) is 0. The highest BCUT2D eigenvalue weighted by Gasteiger charge is 2.20. The third-order valence-corrected chi connectivity index (χ3v) is 2.65. The summed E-state index contributed by atoms with van der Waals surface area (Å²) in [6.45, 7) is 6.89. The Morgan fingerprint density at radius 3 is 2.92 bits per heavy atom. The number of nitrogens with one attached hydrogen (secondary N) is 1. The third-order valence-electron chi connectivity index (χ3n) is 2.65. The van der Waals surface area contributed by atoms with E-state index in [1.165, 1.54) is 24.8 Å². The van der Waals surface area contributed by atoms with E-state index in [2.05, 4.69) is 18.8 Å². The highest BCUT2D eigenvalue weighted by Crippen LogP contribution is 2.20. The largest absolute Gasteiger partial charge is 0.381 e. The quantitative estimate of drug-likeness (QED) is 0.674. The lowest BCUT2D eigenvalue weighted by molar-refractivity contribution is 0.0594. The summed E-state index contributed by atoms with van der Waals surface area (Å²) in [5.41, 5.74) is 1.21. The number of ether oxygens (including phenoxy) is 1. The first-order chi connectivity index (χ1) is 6.22. The van der Waals surface area contributed by atoms with Gasteiger partial charge in [-0.2, -0.15) is 0 Å². The van der Waals surface area contributed by atoms with Crippen molar-refractivity contribution in [3.8, 4) is 0 Å². The van der Waals surface area contributed by atoms with E-state index in [0.717, 1.165) is 13.0 Å². The van der Waals surface area contributed by atoms with Crippen LogP contribution in [0.4, 0.5) is 0 Å². The number of hydrogen-bond acceptors (Lipinski definition) is 2. The minimum Gasteiger partial charge on any atom is -0.381 e. The summed E-state index contributed by atoms with van der Waals surface area (Å²) in [6, 6.07) is 0.635. The molecule has 0 spiro atoms. The maximum Gasteiger partial charge on any atom is 0.0586 e. The van der Waals surface area contributed by atoms with Crippen LogP contribution < -0.4 is 5.32 Å². The predicted octanol–water partition coefficient (Wildman–Crippen LogP) is 2.11. The summed E-state index contributed by atoms with van der Waals surface area (Å²) < 4.78 is 5.37. The molecule has 0 aromatic rings. The first-order valence-electron chi connectivity index (χ1n) is 5.13. The van der Waals surface area contributed by atoms with Gasteiger partial charge in [0.1, 0.15) is 0 Å². The molecule has 0 amide bonds. The molecule has 0 bridgehead atoms. The fourth-order valence-electron chi connectivity index (χ4n) is 1.86. The topological polar surface area (TPSA) is 21.3 Å². The van der Waals surface area contributed by atoms with Gasteiger partial charge in [-0.25, -0.2) is 0 Å². The van der Waals surface area contributed by atoms with E-state index in [0.29, 0.717) is 12.1 Å². The molecule has 0 aliphatic heterocycles. The van der Waals surface area contributed by atoms with Gasteiger partial charge in [-0.05, 0) is 32.6 Å². The van der Waals surface area contributed by atoms with Gasteiger partial charge in [0.2, 0.25) is 0 Å². The molecule has 1 N–H and O–H groups in total. The van der Waals surface area contributed by atoms with Gasteiger partial charge in [-0.15, -0.1) is 0 Å². The molecule has 76 valence electrons. The summed E-state index contributed by atoms with van der Waals surface area (Å²) >= 11 is 0. The monoisotopic (exact) mass is 183 g/mol.